The van der Waals surface area contributed by atoms with E-state index in [9.17, 15) is 0 Å². The van der Waals surface area contributed by atoms with Gasteiger partial charge in [-0.15, -0.1) is 0 Å². The van der Waals surface area contributed by atoms with Crippen molar-refractivity contribution < 1.29 is 0 Å². The number of fused-ring (bicyclic) bond motifs is 1. The zero-order valence-electron chi connectivity index (χ0n) is 14.9. The lowest BCUT2D eigenvalue weighted by Gasteiger charge is -2.39. The molecule has 0 saturated heterocycles. The highest BCUT2D eigenvalue weighted by Crippen LogP contribution is 2.58. The second-order valence-electron chi connectivity index (χ2n) is 7.89. The maximum Gasteiger partial charge on any atom is -0.00620 e. The highest BCUT2D eigenvalue weighted by atomic mass is 31.1. The molecule has 0 radical (unpaired) electrons. The van der Waals surface area contributed by atoms with E-state index >= 15 is 0 Å². The van der Waals surface area contributed by atoms with Gasteiger partial charge in [-0.05, 0) is 59.5 Å². The van der Waals surface area contributed by atoms with Crippen molar-refractivity contribution in [2.45, 2.75) is 81.7 Å². The van der Waals surface area contributed by atoms with Gasteiger partial charge in [0.05, 0.1) is 0 Å². The van der Waals surface area contributed by atoms with Gasteiger partial charge in [0.2, 0.25) is 0 Å². The maximum absolute atomic E-state index is 2.42. The molecule has 0 aliphatic heterocycles. The second-order valence-corrected chi connectivity index (χ2v) is 10.7. The van der Waals surface area contributed by atoms with Crippen LogP contribution in [0.5, 0.6) is 0 Å². The monoisotopic (exact) mass is 338 g/mol. The molecule has 0 nitrogen and oxygen atoms in total. The van der Waals surface area contributed by atoms with Crippen LogP contribution in [0.4, 0.5) is 0 Å². The molecular weight excluding hydrogens is 307 g/mol. The number of hydrogen-bond acceptors (Lipinski definition) is 0. The van der Waals surface area contributed by atoms with Gasteiger partial charge >= 0.3 is 0 Å². The van der Waals surface area contributed by atoms with Crippen LogP contribution in [-0.4, -0.2) is 11.3 Å². The number of hydrogen-bond donors (Lipinski definition) is 0. The van der Waals surface area contributed by atoms with E-state index in [4.69, 9.17) is 0 Å². The molecule has 0 atom stereocenters. The summed E-state index contributed by atoms with van der Waals surface area (Å²) in [6.07, 6.45) is 16.4. The lowest BCUT2D eigenvalue weighted by atomic mass is 9.99. The van der Waals surface area contributed by atoms with Gasteiger partial charge in [-0.25, -0.2) is 0 Å². The van der Waals surface area contributed by atoms with Crippen LogP contribution < -0.4 is 0 Å². The topological polar surface area (TPSA) is 0 Å². The summed E-state index contributed by atoms with van der Waals surface area (Å²) in [6.45, 7) is 0. The van der Waals surface area contributed by atoms with E-state index in [1.807, 2.05) is 0 Å². The molecular formula is C23H31P. The normalized spacial score (nSPS) is 20.7. The second kappa shape index (κ2) is 8.01. The van der Waals surface area contributed by atoms with Gasteiger partial charge in [0, 0.05) is 0 Å². The van der Waals surface area contributed by atoms with Gasteiger partial charge in [-0.1, -0.05) is 88.9 Å². The third-order valence-corrected chi connectivity index (χ3v) is 9.93. The molecule has 0 spiro atoms. The minimum Gasteiger partial charge on any atom is -0.0958 e. The SMILES string of the molecule is c1ccc2c(CP(C3CCCCC3)C3CCCCC3)cccc2c1. The first-order valence-electron chi connectivity index (χ1n) is 10.1. The molecule has 0 unspecified atom stereocenters. The lowest BCUT2D eigenvalue weighted by molar-refractivity contribution is 0.484. The Hall–Kier alpha value is -0.870. The third kappa shape index (κ3) is 3.70. The summed E-state index contributed by atoms with van der Waals surface area (Å²) < 4.78 is 0. The number of rotatable bonds is 4. The van der Waals surface area contributed by atoms with Crippen molar-refractivity contribution in [3.8, 4) is 0 Å². The predicted octanol–water partition coefficient (Wildman–Crippen LogP) is 7.49. The molecule has 128 valence electrons. The van der Waals surface area contributed by atoms with Crippen molar-refractivity contribution in [1.29, 1.82) is 0 Å². The standard InChI is InChI=1S/C23H31P/c1-3-13-21(14-4-1)24(22-15-5-2-6-16-22)18-20-12-9-11-19-10-7-8-17-23(19)20/h7-12,17,21-22H,1-6,13-16,18H2. The molecule has 0 aromatic heterocycles. The average molecular weight is 338 g/mol. The van der Waals surface area contributed by atoms with Crippen LogP contribution in [0.25, 0.3) is 10.8 Å². The summed E-state index contributed by atoms with van der Waals surface area (Å²) >= 11 is 0. The molecule has 24 heavy (non-hydrogen) atoms. The van der Waals surface area contributed by atoms with Crippen molar-refractivity contribution in [3.05, 3.63) is 48.0 Å². The number of benzene rings is 2. The first kappa shape index (κ1) is 16.6. The zero-order valence-corrected chi connectivity index (χ0v) is 15.8. The van der Waals surface area contributed by atoms with Gasteiger partial charge in [-0.3, -0.25) is 0 Å². The third-order valence-electron chi connectivity index (χ3n) is 6.32. The van der Waals surface area contributed by atoms with Gasteiger partial charge in [0.25, 0.3) is 0 Å². The summed E-state index contributed by atoms with van der Waals surface area (Å²) in [5.74, 6) is 0. The molecule has 0 N–H and O–H groups in total. The quantitative estimate of drug-likeness (QED) is 0.507. The molecule has 4 rings (SSSR count). The van der Waals surface area contributed by atoms with E-state index in [1.165, 1.54) is 81.1 Å². The largest absolute Gasteiger partial charge is 0.0958 e. The van der Waals surface area contributed by atoms with Crippen LogP contribution in [-0.2, 0) is 6.16 Å². The van der Waals surface area contributed by atoms with Crippen molar-refractivity contribution >= 4 is 18.7 Å². The summed E-state index contributed by atoms with van der Waals surface area (Å²) in [5.41, 5.74) is 3.74. The summed E-state index contributed by atoms with van der Waals surface area (Å²) in [7, 11) is 0.154. The molecule has 0 heterocycles. The molecule has 2 saturated carbocycles. The lowest BCUT2D eigenvalue weighted by Crippen LogP contribution is -2.21. The fraction of sp³-hybridized carbons (Fsp3) is 0.565. The van der Waals surface area contributed by atoms with E-state index in [1.54, 1.807) is 5.56 Å². The Morgan fingerprint density at radius 3 is 1.92 bits per heavy atom. The van der Waals surface area contributed by atoms with Crippen LogP contribution in [0, 0.1) is 0 Å². The molecule has 2 aliphatic rings. The fourth-order valence-electron chi connectivity index (χ4n) is 5.01. The zero-order chi connectivity index (χ0) is 16.2. The van der Waals surface area contributed by atoms with Crippen molar-refractivity contribution in [2.24, 2.45) is 0 Å². The average Bonchev–Trinajstić information content (AvgIpc) is 2.67. The van der Waals surface area contributed by atoms with E-state index in [0.717, 1.165) is 11.3 Å². The van der Waals surface area contributed by atoms with E-state index in [-0.39, 0.29) is 7.92 Å². The maximum atomic E-state index is 2.42. The van der Waals surface area contributed by atoms with Crippen LogP contribution in [0.3, 0.4) is 0 Å². The van der Waals surface area contributed by atoms with E-state index < -0.39 is 0 Å². The highest BCUT2D eigenvalue weighted by Gasteiger charge is 2.31. The molecule has 2 aliphatic carbocycles. The Bertz CT molecular complexity index is 627. The van der Waals surface area contributed by atoms with Gasteiger partial charge < -0.3 is 0 Å². The van der Waals surface area contributed by atoms with E-state index in [2.05, 4.69) is 42.5 Å². The molecule has 2 fully saturated rings. The molecule has 0 amide bonds. The summed E-state index contributed by atoms with van der Waals surface area (Å²) in [5, 5.41) is 2.94. The summed E-state index contributed by atoms with van der Waals surface area (Å²) in [4.78, 5) is 0. The predicted molar refractivity (Wildman–Crippen MR) is 108 cm³/mol. The molecule has 1 heteroatoms. The highest BCUT2D eigenvalue weighted by molar-refractivity contribution is 7.58. The Balaban J connectivity index is 1.62. The minimum atomic E-state index is 0.154. The van der Waals surface area contributed by atoms with Gasteiger partial charge in [-0.2, -0.15) is 0 Å². The van der Waals surface area contributed by atoms with Crippen LogP contribution >= 0.6 is 7.92 Å². The fourth-order valence-corrected chi connectivity index (χ4v) is 8.85. The van der Waals surface area contributed by atoms with Crippen molar-refractivity contribution in [2.75, 3.05) is 0 Å². The van der Waals surface area contributed by atoms with Gasteiger partial charge in [0.1, 0.15) is 0 Å². The van der Waals surface area contributed by atoms with Crippen molar-refractivity contribution in [3.63, 3.8) is 0 Å². The van der Waals surface area contributed by atoms with Gasteiger partial charge in [0.15, 0.2) is 0 Å². The molecule has 0 bridgehead atoms. The summed E-state index contributed by atoms with van der Waals surface area (Å²) in [6, 6.07) is 16.0. The van der Waals surface area contributed by atoms with Crippen LogP contribution in [0.2, 0.25) is 0 Å². The van der Waals surface area contributed by atoms with Crippen LogP contribution in [0.1, 0.15) is 69.8 Å². The molecule has 2 aromatic carbocycles. The first-order valence-corrected chi connectivity index (χ1v) is 11.8. The Labute approximate surface area is 148 Å². The minimum absolute atomic E-state index is 0.154. The first-order chi connectivity index (χ1) is 11.9. The Morgan fingerprint density at radius 1 is 0.667 bits per heavy atom. The van der Waals surface area contributed by atoms with Crippen LogP contribution in [0.15, 0.2) is 42.5 Å². The van der Waals surface area contributed by atoms with E-state index in [0.29, 0.717) is 0 Å². The Morgan fingerprint density at radius 2 is 1.25 bits per heavy atom. The molecule has 2 aromatic rings. The Kier molecular flexibility index (Phi) is 5.53. The smallest absolute Gasteiger partial charge is 0.00620 e. The van der Waals surface area contributed by atoms with Crippen molar-refractivity contribution in [1.82, 2.24) is 0 Å².